The van der Waals surface area contributed by atoms with Gasteiger partial charge in [0.15, 0.2) is 0 Å². The van der Waals surface area contributed by atoms with Crippen LogP contribution in [0.4, 0.5) is 4.79 Å². The molecule has 3 nitrogen and oxygen atoms in total. The monoisotopic (exact) mass is 198 g/mol. The minimum atomic E-state index is -0.575. The molecule has 0 aliphatic heterocycles. The molecule has 0 radical (unpaired) electrons. The molecule has 1 rings (SSSR count). The molecule has 3 heteroatoms. The summed E-state index contributed by atoms with van der Waals surface area (Å²) >= 11 is 0. The highest BCUT2D eigenvalue weighted by atomic mass is 16.7. The fraction of sp³-hybridized carbons (Fsp3) is 0.727. The molecule has 0 unspecified atom stereocenters. The summed E-state index contributed by atoms with van der Waals surface area (Å²) < 4.78 is 10.2. The van der Waals surface area contributed by atoms with Crippen molar-refractivity contribution in [2.75, 3.05) is 0 Å². The fourth-order valence-corrected chi connectivity index (χ4v) is 1.28. The van der Waals surface area contributed by atoms with Crippen LogP contribution in [-0.2, 0) is 9.47 Å². The first-order valence-electron chi connectivity index (χ1n) is 5.04. The summed E-state index contributed by atoms with van der Waals surface area (Å²) in [6.07, 6.45) is 6.34. The summed E-state index contributed by atoms with van der Waals surface area (Å²) in [7, 11) is 0. The van der Waals surface area contributed by atoms with Gasteiger partial charge in [0.05, 0.1) is 0 Å². The van der Waals surface area contributed by atoms with Crippen molar-refractivity contribution in [3.05, 3.63) is 12.2 Å². The molecular formula is C11H18O3. The van der Waals surface area contributed by atoms with Gasteiger partial charge < -0.3 is 9.47 Å². The Morgan fingerprint density at radius 3 is 2.64 bits per heavy atom. The van der Waals surface area contributed by atoms with Crippen LogP contribution in [-0.4, -0.2) is 17.9 Å². The summed E-state index contributed by atoms with van der Waals surface area (Å²) in [5.74, 6) is 0. The predicted octanol–water partition coefficient (Wildman–Crippen LogP) is 3.05. The van der Waals surface area contributed by atoms with Crippen molar-refractivity contribution in [2.45, 2.75) is 51.7 Å². The molecule has 0 saturated carbocycles. The Bertz CT molecular complexity index is 225. The van der Waals surface area contributed by atoms with Crippen molar-refractivity contribution in [3.63, 3.8) is 0 Å². The van der Waals surface area contributed by atoms with Crippen LogP contribution in [0, 0.1) is 0 Å². The zero-order valence-electron chi connectivity index (χ0n) is 9.08. The van der Waals surface area contributed by atoms with Gasteiger partial charge in [0, 0.05) is 0 Å². The maximum atomic E-state index is 11.2. The van der Waals surface area contributed by atoms with Gasteiger partial charge in [0.2, 0.25) is 0 Å². The van der Waals surface area contributed by atoms with Crippen molar-refractivity contribution in [2.24, 2.45) is 0 Å². The average Bonchev–Trinajstić information content (AvgIpc) is 2.02. The molecule has 0 aromatic heterocycles. The van der Waals surface area contributed by atoms with Gasteiger partial charge in [-0.25, -0.2) is 4.79 Å². The van der Waals surface area contributed by atoms with Crippen molar-refractivity contribution in [3.8, 4) is 0 Å². The molecule has 14 heavy (non-hydrogen) atoms. The number of allylic oxidation sites excluding steroid dienone is 1. The summed E-state index contributed by atoms with van der Waals surface area (Å²) in [5, 5.41) is 0. The lowest BCUT2D eigenvalue weighted by Crippen LogP contribution is -2.27. The Labute approximate surface area is 85.1 Å². The number of hydrogen-bond acceptors (Lipinski definition) is 3. The average molecular weight is 198 g/mol. The third-order valence-corrected chi connectivity index (χ3v) is 1.85. The molecule has 0 spiro atoms. The number of ether oxygens (including phenoxy) is 2. The molecule has 1 atom stereocenters. The maximum absolute atomic E-state index is 11.2. The topological polar surface area (TPSA) is 35.5 Å². The first-order valence-corrected chi connectivity index (χ1v) is 5.04. The van der Waals surface area contributed by atoms with Gasteiger partial charge >= 0.3 is 6.16 Å². The quantitative estimate of drug-likeness (QED) is 0.480. The summed E-state index contributed by atoms with van der Waals surface area (Å²) in [5.41, 5.74) is -0.477. The van der Waals surface area contributed by atoms with Gasteiger partial charge in [-0.05, 0) is 46.1 Å². The van der Waals surface area contributed by atoms with E-state index in [9.17, 15) is 4.79 Å². The third kappa shape index (κ3) is 4.30. The van der Waals surface area contributed by atoms with E-state index in [1.54, 1.807) is 0 Å². The SMILES string of the molecule is CC(C)(C)OC(=O)O[C@@H]1C=CCCC1. The number of carbonyl (C=O) groups excluding carboxylic acids is 1. The van der Waals surface area contributed by atoms with E-state index < -0.39 is 11.8 Å². The van der Waals surface area contributed by atoms with Crippen LogP contribution in [0.15, 0.2) is 12.2 Å². The zero-order chi connectivity index (χ0) is 10.6. The van der Waals surface area contributed by atoms with E-state index >= 15 is 0 Å². The van der Waals surface area contributed by atoms with Gasteiger partial charge in [-0.1, -0.05) is 6.08 Å². The second kappa shape index (κ2) is 4.49. The number of hydrogen-bond donors (Lipinski definition) is 0. The highest BCUT2D eigenvalue weighted by molar-refractivity contribution is 5.61. The van der Waals surface area contributed by atoms with E-state index in [-0.39, 0.29) is 6.10 Å². The van der Waals surface area contributed by atoms with Crippen molar-refractivity contribution in [1.82, 2.24) is 0 Å². The molecule has 1 aliphatic carbocycles. The maximum Gasteiger partial charge on any atom is 0.509 e. The van der Waals surface area contributed by atoms with Crippen LogP contribution >= 0.6 is 0 Å². The van der Waals surface area contributed by atoms with Gasteiger partial charge in [-0.2, -0.15) is 0 Å². The minimum Gasteiger partial charge on any atom is -0.429 e. The second-order valence-electron chi connectivity index (χ2n) is 4.48. The Hall–Kier alpha value is -0.990. The first kappa shape index (κ1) is 11.1. The van der Waals surface area contributed by atoms with Crippen molar-refractivity contribution < 1.29 is 14.3 Å². The van der Waals surface area contributed by atoms with Crippen LogP contribution in [0.2, 0.25) is 0 Å². The number of rotatable bonds is 1. The van der Waals surface area contributed by atoms with E-state index in [0.717, 1.165) is 19.3 Å². The first-order chi connectivity index (χ1) is 6.47. The molecule has 0 amide bonds. The third-order valence-electron chi connectivity index (χ3n) is 1.85. The summed E-state index contributed by atoms with van der Waals surface area (Å²) in [6, 6.07) is 0. The standard InChI is InChI=1S/C11H18O3/c1-11(2,3)14-10(12)13-9-7-5-4-6-8-9/h5,7,9H,4,6,8H2,1-3H3/t9-/m1/s1. The van der Waals surface area contributed by atoms with E-state index in [1.807, 2.05) is 32.9 Å². The van der Waals surface area contributed by atoms with Gasteiger partial charge in [0.1, 0.15) is 11.7 Å². The molecular weight excluding hydrogens is 180 g/mol. The molecule has 0 bridgehead atoms. The Balaban J connectivity index is 2.33. The second-order valence-corrected chi connectivity index (χ2v) is 4.48. The smallest absolute Gasteiger partial charge is 0.429 e. The molecule has 0 fully saturated rings. The molecule has 80 valence electrons. The van der Waals surface area contributed by atoms with E-state index in [4.69, 9.17) is 9.47 Å². The fourth-order valence-electron chi connectivity index (χ4n) is 1.28. The van der Waals surface area contributed by atoms with Crippen molar-refractivity contribution in [1.29, 1.82) is 0 Å². The van der Waals surface area contributed by atoms with Crippen molar-refractivity contribution >= 4 is 6.16 Å². The van der Waals surface area contributed by atoms with E-state index in [0.29, 0.717) is 0 Å². The van der Waals surface area contributed by atoms with E-state index in [2.05, 4.69) is 0 Å². The lowest BCUT2D eigenvalue weighted by molar-refractivity contribution is -0.0203. The summed E-state index contributed by atoms with van der Waals surface area (Å²) in [4.78, 5) is 11.2. The molecule has 1 aliphatic rings. The molecule has 0 aromatic carbocycles. The Kier molecular flexibility index (Phi) is 3.55. The van der Waals surface area contributed by atoms with Gasteiger partial charge in [-0.3, -0.25) is 0 Å². The van der Waals surface area contributed by atoms with Gasteiger partial charge in [0.25, 0.3) is 0 Å². The van der Waals surface area contributed by atoms with Crippen LogP contribution in [0.1, 0.15) is 40.0 Å². The molecule has 0 N–H and O–H groups in total. The normalized spacial score (nSPS) is 21.8. The lowest BCUT2D eigenvalue weighted by atomic mass is 10.1. The largest absolute Gasteiger partial charge is 0.509 e. The van der Waals surface area contributed by atoms with Crippen LogP contribution in [0.3, 0.4) is 0 Å². The zero-order valence-corrected chi connectivity index (χ0v) is 9.08. The minimum absolute atomic E-state index is 0.0985. The molecule has 0 aromatic rings. The molecule has 0 heterocycles. The highest BCUT2D eigenvalue weighted by Crippen LogP contribution is 2.16. The van der Waals surface area contributed by atoms with Crippen LogP contribution < -0.4 is 0 Å². The summed E-state index contributed by atoms with van der Waals surface area (Å²) in [6.45, 7) is 5.47. The van der Waals surface area contributed by atoms with Crippen LogP contribution in [0.5, 0.6) is 0 Å². The Morgan fingerprint density at radius 1 is 1.43 bits per heavy atom. The highest BCUT2D eigenvalue weighted by Gasteiger charge is 2.20. The van der Waals surface area contributed by atoms with Gasteiger partial charge in [-0.15, -0.1) is 0 Å². The predicted molar refractivity (Wildman–Crippen MR) is 54.1 cm³/mol. The van der Waals surface area contributed by atoms with Crippen LogP contribution in [0.25, 0.3) is 0 Å². The van der Waals surface area contributed by atoms with E-state index in [1.165, 1.54) is 0 Å². The molecule has 0 saturated heterocycles. The Morgan fingerprint density at radius 2 is 2.14 bits per heavy atom. The number of carbonyl (C=O) groups is 1. The lowest BCUT2D eigenvalue weighted by Gasteiger charge is -2.22.